The summed E-state index contributed by atoms with van der Waals surface area (Å²) in [5.74, 6) is 0.398. The molecule has 1 N–H and O–H groups in total. The van der Waals surface area contributed by atoms with Crippen LogP contribution >= 0.6 is 0 Å². The van der Waals surface area contributed by atoms with Gasteiger partial charge in [0.1, 0.15) is 5.54 Å². The first kappa shape index (κ1) is 16.4. The molecule has 2 atom stereocenters. The average Bonchev–Trinajstić information content (AvgIpc) is 2.70. The van der Waals surface area contributed by atoms with Gasteiger partial charge in [-0.1, -0.05) is 13.8 Å². The molecular formula is C15H29NO3. The van der Waals surface area contributed by atoms with Gasteiger partial charge in [0, 0.05) is 19.1 Å². The van der Waals surface area contributed by atoms with E-state index in [0.717, 1.165) is 25.9 Å². The van der Waals surface area contributed by atoms with Gasteiger partial charge < -0.3 is 9.47 Å². The predicted octanol–water partition coefficient (Wildman–Crippen LogP) is 2.51. The van der Waals surface area contributed by atoms with Crippen molar-refractivity contribution in [3.05, 3.63) is 0 Å². The van der Waals surface area contributed by atoms with Crippen LogP contribution in [0.2, 0.25) is 0 Å². The van der Waals surface area contributed by atoms with Crippen LogP contribution < -0.4 is 5.32 Å². The molecule has 2 unspecified atom stereocenters. The van der Waals surface area contributed by atoms with E-state index in [2.05, 4.69) is 33.0 Å². The van der Waals surface area contributed by atoms with E-state index in [9.17, 15) is 4.79 Å². The Bertz CT molecular complexity index is 291. The van der Waals surface area contributed by atoms with Gasteiger partial charge in [-0.05, 0) is 39.5 Å². The second-order valence-electron chi connectivity index (χ2n) is 6.19. The molecule has 0 bridgehead atoms. The van der Waals surface area contributed by atoms with E-state index >= 15 is 0 Å². The van der Waals surface area contributed by atoms with Gasteiger partial charge in [-0.15, -0.1) is 0 Å². The largest absolute Gasteiger partial charge is 0.465 e. The smallest absolute Gasteiger partial charge is 0.326 e. The highest BCUT2D eigenvalue weighted by Gasteiger charge is 2.47. The minimum atomic E-state index is -0.550. The summed E-state index contributed by atoms with van der Waals surface area (Å²) in [5, 5.41) is 3.40. The Morgan fingerprint density at radius 3 is 2.58 bits per heavy atom. The quantitative estimate of drug-likeness (QED) is 0.723. The van der Waals surface area contributed by atoms with Crippen molar-refractivity contribution in [2.75, 3.05) is 13.2 Å². The normalized spacial score (nSPS) is 27.2. The maximum absolute atomic E-state index is 12.2. The molecule has 1 rings (SSSR count). The fourth-order valence-corrected chi connectivity index (χ4v) is 2.67. The van der Waals surface area contributed by atoms with Crippen molar-refractivity contribution in [3.8, 4) is 0 Å². The van der Waals surface area contributed by atoms with E-state index < -0.39 is 5.54 Å². The number of rotatable bonds is 7. The van der Waals surface area contributed by atoms with Gasteiger partial charge in [0.25, 0.3) is 0 Å². The van der Waals surface area contributed by atoms with Gasteiger partial charge in [0.15, 0.2) is 0 Å². The molecule has 0 aromatic carbocycles. The Kier molecular flexibility index (Phi) is 6.27. The molecule has 112 valence electrons. The van der Waals surface area contributed by atoms with Crippen LogP contribution in [0.5, 0.6) is 0 Å². The number of carbonyl (C=O) groups is 1. The highest BCUT2D eigenvalue weighted by atomic mass is 16.5. The molecule has 0 heterocycles. The topological polar surface area (TPSA) is 47.6 Å². The molecule has 1 aliphatic rings. The van der Waals surface area contributed by atoms with Gasteiger partial charge >= 0.3 is 5.97 Å². The lowest BCUT2D eigenvalue weighted by atomic mass is 9.96. The maximum Gasteiger partial charge on any atom is 0.326 e. The lowest BCUT2D eigenvalue weighted by molar-refractivity contribution is -0.151. The van der Waals surface area contributed by atoms with E-state index in [0.29, 0.717) is 12.5 Å². The Morgan fingerprint density at radius 1 is 1.37 bits per heavy atom. The summed E-state index contributed by atoms with van der Waals surface area (Å²) >= 11 is 0. The summed E-state index contributed by atoms with van der Waals surface area (Å²) in [7, 11) is 0. The molecule has 1 fully saturated rings. The minimum Gasteiger partial charge on any atom is -0.465 e. The number of hydrogen-bond donors (Lipinski definition) is 1. The van der Waals surface area contributed by atoms with Crippen LogP contribution in [0.1, 0.15) is 53.9 Å². The van der Waals surface area contributed by atoms with Crippen molar-refractivity contribution in [1.82, 2.24) is 5.32 Å². The van der Waals surface area contributed by atoms with Crippen LogP contribution in [0.15, 0.2) is 0 Å². The van der Waals surface area contributed by atoms with Crippen molar-refractivity contribution in [2.45, 2.75) is 71.6 Å². The van der Waals surface area contributed by atoms with E-state index in [1.54, 1.807) is 0 Å². The van der Waals surface area contributed by atoms with Crippen LogP contribution in [0.3, 0.4) is 0 Å². The molecule has 4 heteroatoms. The molecule has 0 amide bonds. The Hall–Kier alpha value is -0.610. The highest BCUT2D eigenvalue weighted by molar-refractivity contribution is 5.81. The summed E-state index contributed by atoms with van der Waals surface area (Å²) in [6, 6.07) is 0.258. The highest BCUT2D eigenvalue weighted by Crippen LogP contribution is 2.34. The minimum absolute atomic E-state index is 0.126. The molecule has 0 radical (unpaired) electrons. The maximum atomic E-state index is 12.2. The van der Waals surface area contributed by atoms with Gasteiger partial charge in [0.2, 0.25) is 0 Å². The number of nitrogens with one attached hydrogen (secondary N) is 1. The third-order valence-corrected chi connectivity index (χ3v) is 3.37. The van der Waals surface area contributed by atoms with Crippen molar-refractivity contribution in [2.24, 2.45) is 5.92 Å². The van der Waals surface area contributed by atoms with Gasteiger partial charge in [-0.2, -0.15) is 0 Å². The van der Waals surface area contributed by atoms with Crippen molar-refractivity contribution < 1.29 is 14.3 Å². The van der Waals surface area contributed by atoms with Crippen molar-refractivity contribution in [1.29, 1.82) is 0 Å². The van der Waals surface area contributed by atoms with Crippen LogP contribution in [-0.2, 0) is 14.3 Å². The summed E-state index contributed by atoms with van der Waals surface area (Å²) in [6.45, 7) is 11.4. The number of hydrogen-bond acceptors (Lipinski definition) is 4. The van der Waals surface area contributed by atoms with Crippen LogP contribution in [-0.4, -0.2) is 36.9 Å². The lowest BCUT2D eigenvalue weighted by Gasteiger charge is -2.30. The molecule has 0 aromatic rings. The van der Waals surface area contributed by atoms with Gasteiger partial charge in [-0.3, -0.25) is 10.1 Å². The standard InChI is InChI=1S/C15H29NO3/c1-6-18-14(17)15(16-12(4)5)8-7-13(9-15)19-10-11(2)3/h11-13,16H,6-10H2,1-5H3. The predicted molar refractivity (Wildman–Crippen MR) is 76.1 cm³/mol. The number of esters is 1. The third kappa shape index (κ3) is 4.77. The molecular weight excluding hydrogens is 242 g/mol. The second-order valence-corrected chi connectivity index (χ2v) is 6.19. The fraction of sp³-hybridized carbons (Fsp3) is 0.933. The zero-order chi connectivity index (χ0) is 14.5. The van der Waals surface area contributed by atoms with Crippen LogP contribution in [0.4, 0.5) is 0 Å². The first-order valence-corrected chi connectivity index (χ1v) is 7.46. The van der Waals surface area contributed by atoms with Gasteiger partial charge in [0.05, 0.1) is 12.7 Å². The van der Waals surface area contributed by atoms with Crippen LogP contribution in [0, 0.1) is 5.92 Å². The summed E-state index contributed by atoms with van der Waals surface area (Å²) in [4.78, 5) is 12.2. The fourth-order valence-electron chi connectivity index (χ4n) is 2.67. The summed E-state index contributed by atoms with van der Waals surface area (Å²) in [5.41, 5.74) is -0.550. The summed E-state index contributed by atoms with van der Waals surface area (Å²) in [6.07, 6.45) is 2.60. The molecule has 0 saturated heterocycles. The number of ether oxygens (including phenoxy) is 2. The van der Waals surface area contributed by atoms with Crippen molar-refractivity contribution in [3.63, 3.8) is 0 Å². The second kappa shape index (κ2) is 7.25. The molecule has 4 nitrogen and oxygen atoms in total. The molecule has 0 aliphatic heterocycles. The van der Waals surface area contributed by atoms with E-state index in [4.69, 9.17) is 9.47 Å². The zero-order valence-corrected chi connectivity index (χ0v) is 13.0. The zero-order valence-electron chi connectivity index (χ0n) is 13.0. The van der Waals surface area contributed by atoms with E-state index in [-0.39, 0.29) is 18.1 Å². The van der Waals surface area contributed by atoms with Crippen LogP contribution in [0.25, 0.3) is 0 Å². The third-order valence-electron chi connectivity index (χ3n) is 3.37. The summed E-state index contributed by atoms with van der Waals surface area (Å²) < 4.78 is 11.1. The van der Waals surface area contributed by atoms with E-state index in [1.807, 2.05) is 6.92 Å². The molecule has 0 spiro atoms. The van der Waals surface area contributed by atoms with Gasteiger partial charge in [-0.25, -0.2) is 0 Å². The SMILES string of the molecule is CCOC(=O)C1(NC(C)C)CCC(OCC(C)C)C1. The van der Waals surface area contributed by atoms with Crippen molar-refractivity contribution >= 4 is 5.97 Å². The van der Waals surface area contributed by atoms with E-state index in [1.165, 1.54) is 0 Å². The lowest BCUT2D eigenvalue weighted by Crippen LogP contribution is -2.54. The Morgan fingerprint density at radius 2 is 2.05 bits per heavy atom. The number of carbonyl (C=O) groups excluding carboxylic acids is 1. The molecule has 1 aliphatic carbocycles. The molecule has 1 saturated carbocycles. The Labute approximate surface area is 117 Å². The average molecular weight is 271 g/mol. The molecule has 0 aromatic heterocycles. The monoisotopic (exact) mass is 271 g/mol. The molecule has 19 heavy (non-hydrogen) atoms. The first-order valence-electron chi connectivity index (χ1n) is 7.46. The Balaban J connectivity index is 2.64. The first-order chi connectivity index (χ1) is 8.89.